The van der Waals surface area contributed by atoms with Gasteiger partial charge in [-0.2, -0.15) is 10.2 Å². The number of hydrogen-bond acceptors (Lipinski definition) is 5. The molecule has 3 rings (SSSR count). The molecule has 0 aliphatic carbocycles. The van der Waals surface area contributed by atoms with E-state index in [0.29, 0.717) is 23.4 Å². The standard InChI is InChI=1S/C15H20N6O/c1-4-15(22,11-7-18-20(8-11)10(2)3)13-6-5-12-14(16)17-9-19-21(12)13/h5-10,22H,4H2,1-3H3,(H2,16,17,19). The highest BCUT2D eigenvalue weighted by Crippen LogP contribution is 2.34. The van der Waals surface area contributed by atoms with Gasteiger partial charge in [0.05, 0.1) is 11.9 Å². The maximum absolute atomic E-state index is 11.3. The van der Waals surface area contributed by atoms with Gasteiger partial charge in [-0.05, 0) is 32.4 Å². The molecule has 0 aromatic carbocycles. The third-order valence-electron chi connectivity index (χ3n) is 4.03. The molecule has 0 aliphatic heterocycles. The summed E-state index contributed by atoms with van der Waals surface area (Å²) < 4.78 is 3.47. The molecule has 1 unspecified atom stereocenters. The highest BCUT2D eigenvalue weighted by atomic mass is 16.3. The van der Waals surface area contributed by atoms with Crippen LogP contribution in [-0.2, 0) is 5.60 Å². The lowest BCUT2D eigenvalue weighted by atomic mass is 9.90. The smallest absolute Gasteiger partial charge is 0.151 e. The van der Waals surface area contributed by atoms with E-state index in [4.69, 9.17) is 5.73 Å². The van der Waals surface area contributed by atoms with E-state index in [1.54, 1.807) is 10.7 Å². The molecule has 3 aromatic rings. The molecule has 3 aromatic heterocycles. The van der Waals surface area contributed by atoms with Gasteiger partial charge in [0, 0.05) is 17.8 Å². The van der Waals surface area contributed by atoms with E-state index >= 15 is 0 Å². The molecule has 0 spiro atoms. The third kappa shape index (κ3) is 2.05. The quantitative estimate of drug-likeness (QED) is 0.765. The minimum absolute atomic E-state index is 0.233. The van der Waals surface area contributed by atoms with Gasteiger partial charge in [0.2, 0.25) is 0 Å². The second-order valence-electron chi connectivity index (χ2n) is 5.68. The maximum Gasteiger partial charge on any atom is 0.151 e. The van der Waals surface area contributed by atoms with Crippen LogP contribution in [0.4, 0.5) is 5.82 Å². The van der Waals surface area contributed by atoms with Crippen molar-refractivity contribution in [2.24, 2.45) is 0 Å². The molecular formula is C15H20N6O. The fourth-order valence-corrected chi connectivity index (χ4v) is 2.63. The van der Waals surface area contributed by atoms with Crippen LogP contribution in [0.5, 0.6) is 0 Å². The summed E-state index contributed by atoms with van der Waals surface area (Å²) in [6.07, 6.45) is 5.46. The lowest BCUT2D eigenvalue weighted by molar-refractivity contribution is 0.0699. The summed E-state index contributed by atoms with van der Waals surface area (Å²) in [5.41, 5.74) is 6.76. The minimum atomic E-state index is -1.18. The fourth-order valence-electron chi connectivity index (χ4n) is 2.63. The number of nitrogen functional groups attached to an aromatic ring is 1. The normalized spacial score (nSPS) is 14.6. The highest BCUT2D eigenvalue weighted by molar-refractivity contribution is 5.66. The Bertz CT molecular complexity index is 805. The summed E-state index contributed by atoms with van der Waals surface area (Å²) in [5, 5.41) is 19.8. The van der Waals surface area contributed by atoms with E-state index in [9.17, 15) is 5.11 Å². The molecule has 0 saturated heterocycles. The Morgan fingerprint density at radius 1 is 1.32 bits per heavy atom. The summed E-state index contributed by atoms with van der Waals surface area (Å²) in [6.45, 7) is 6.02. The first-order valence-electron chi connectivity index (χ1n) is 7.33. The van der Waals surface area contributed by atoms with Crippen LogP contribution in [0.3, 0.4) is 0 Å². The van der Waals surface area contributed by atoms with Gasteiger partial charge in [0.15, 0.2) is 5.82 Å². The Hall–Kier alpha value is -2.41. The molecule has 0 saturated carbocycles. The van der Waals surface area contributed by atoms with Gasteiger partial charge >= 0.3 is 0 Å². The monoisotopic (exact) mass is 300 g/mol. The number of aromatic nitrogens is 5. The third-order valence-corrected chi connectivity index (χ3v) is 4.03. The van der Waals surface area contributed by atoms with Gasteiger partial charge in [-0.25, -0.2) is 9.50 Å². The van der Waals surface area contributed by atoms with Crippen LogP contribution in [-0.4, -0.2) is 29.5 Å². The van der Waals surface area contributed by atoms with E-state index < -0.39 is 5.60 Å². The molecule has 0 amide bonds. The van der Waals surface area contributed by atoms with Crippen LogP contribution in [0, 0.1) is 0 Å². The van der Waals surface area contributed by atoms with Gasteiger partial charge in [0.25, 0.3) is 0 Å². The molecule has 0 bridgehead atoms. The molecule has 3 heterocycles. The average Bonchev–Trinajstić information content (AvgIpc) is 3.14. The van der Waals surface area contributed by atoms with Gasteiger partial charge in [0.1, 0.15) is 17.4 Å². The van der Waals surface area contributed by atoms with Crippen molar-refractivity contribution < 1.29 is 5.11 Å². The lowest BCUT2D eigenvalue weighted by Gasteiger charge is -2.25. The van der Waals surface area contributed by atoms with Crippen LogP contribution in [0.2, 0.25) is 0 Å². The SMILES string of the molecule is CCC(O)(c1cnn(C(C)C)c1)c1ccc2c(N)ncnn12. The van der Waals surface area contributed by atoms with Crippen molar-refractivity contribution in [1.82, 2.24) is 24.4 Å². The van der Waals surface area contributed by atoms with Crippen molar-refractivity contribution >= 4 is 11.3 Å². The predicted octanol–water partition coefficient (Wildman–Crippen LogP) is 1.73. The summed E-state index contributed by atoms with van der Waals surface area (Å²) in [6, 6.07) is 3.88. The van der Waals surface area contributed by atoms with Crippen LogP contribution in [0.15, 0.2) is 30.9 Å². The number of aliphatic hydroxyl groups is 1. The zero-order valence-corrected chi connectivity index (χ0v) is 12.9. The molecule has 7 heteroatoms. The topological polar surface area (TPSA) is 94.3 Å². The van der Waals surface area contributed by atoms with Crippen molar-refractivity contribution in [1.29, 1.82) is 0 Å². The Kier molecular flexibility index (Phi) is 3.37. The van der Waals surface area contributed by atoms with Crippen molar-refractivity contribution in [2.75, 3.05) is 5.73 Å². The zero-order chi connectivity index (χ0) is 15.9. The minimum Gasteiger partial charge on any atom is -0.382 e. The Balaban J connectivity index is 2.17. The molecule has 22 heavy (non-hydrogen) atoms. The molecule has 1 atom stereocenters. The first kappa shape index (κ1) is 14.5. The zero-order valence-electron chi connectivity index (χ0n) is 12.9. The van der Waals surface area contributed by atoms with Crippen molar-refractivity contribution in [2.45, 2.75) is 38.8 Å². The van der Waals surface area contributed by atoms with E-state index in [0.717, 1.165) is 5.56 Å². The molecule has 116 valence electrons. The van der Waals surface area contributed by atoms with Crippen LogP contribution in [0.1, 0.15) is 44.5 Å². The molecular weight excluding hydrogens is 280 g/mol. The van der Waals surface area contributed by atoms with Crippen molar-refractivity contribution in [3.8, 4) is 0 Å². The molecule has 7 nitrogen and oxygen atoms in total. The van der Waals surface area contributed by atoms with Crippen LogP contribution in [0.25, 0.3) is 5.52 Å². The number of nitrogens with two attached hydrogens (primary N) is 1. The van der Waals surface area contributed by atoms with E-state index in [1.807, 2.05) is 43.8 Å². The van der Waals surface area contributed by atoms with Crippen molar-refractivity contribution in [3.63, 3.8) is 0 Å². The first-order valence-corrected chi connectivity index (χ1v) is 7.33. The number of rotatable bonds is 4. The molecule has 0 aliphatic rings. The van der Waals surface area contributed by atoms with Gasteiger partial charge in [-0.3, -0.25) is 4.68 Å². The van der Waals surface area contributed by atoms with E-state index in [1.165, 1.54) is 6.33 Å². The van der Waals surface area contributed by atoms with Crippen LogP contribution < -0.4 is 5.73 Å². The molecule has 0 fully saturated rings. The van der Waals surface area contributed by atoms with Gasteiger partial charge in [-0.1, -0.05) is 6.92 Å². The Labute approximate surface area is 128 Å². The second kappa shape index (κ2) is 5.10. The summed E-state index contributed by atoms with van der Waals surface area (Å²) >= 11 is 0. The Morgan fingerprint density at radius 2 is 2.09 bits per heavy atom. The summed E-state index contributed by atoms with van der Waals surface area (Å²) in [5.74, 6) is 0.387. The van der Waals surface area contributed by atoms with E-state index in [-0.39, 0.29) is 6.04 Å². The number of fused-ring (bicyclic) bond motifs is 1. The number of nitrogens with zero attached hydrogens (tertiary/aromatic N) is 5. The van der Waals surface area contributed by atoms with Gasteiger partial charge in [-0.15, -0.1) is 0 Å². The largest absolute Gasteiger partial charge is 0.382 e. The predicted molar refractivity (Wildman–Crippen MR) is 83.3 cm³/mol. The second-order valence-corrected chi connectivity index (χ2v) is 5.68. The van der Waals surface area contributed by atoms with Crippen molar-refractivity contribution in [3.05, 3.63) is 42.1 Å². The summed E-state index contributed by atoms with van der Waals surface area (Å²) in [4.78, 5) is 3.98. The summed E-state index contributed by atoms with van der Waals surface area (Å²) in [7, 11) is 0. The van der Waals surface area contributed by atoms with E-state index in [2.05, 4.69) is 15.2 Å². The maximum atomic E-state index is 11.3. The molecule has 3 N–H and O–H groups in total. The average molecular weight is 300 g/mol. The lowest BCUT2D eigenvalue weighted by Crippen LogP contribution is -2.28. The number of hydrogen-bond donors (Lipinski definition) is 2. The Morgan fingerprint density at radius 3 is 2.73 bits per heavy atom. The number of anilines is 1. The molecule has 0 radical (unpaired) electrons. The fraction of sp³-hybridized carbons (Fsp3) is 0.400. The van der Waals surface area contributed by atoms with Crippen LogP contribution >= 0.6 is 0 Å². The first-order chi connectivity index (χ1) is 10.5. The van der Waals surface area contributed by atoms with Gasteiger partial charge < -0.3 is 10.8 Å². The highest BCUT2D eigenvalue weighted by Gasteiger charge is 2.34.